The lowest BCUT2D eigenvalue weighted by Gasteiger charge is -1.97. The number of carbonyl (C=O) groups excluding carboxylic acids is 1. The average molecular weight is 181 g/mol. The first kappa shape index (κ1) is 9.11. The molecule has 0 aliphatic rings. The van der Waals surface area contributed by atoms with Crippen molar-refractivity contribution in [2.24, 2.45) is 0 Å². The van der Waals surface area contributed by atoms with Crippen molar-refractivity contribution in [1.82, 2.24) is 10.3 Å². The summed E-state index contributed by atoms with van der Waals surface area (Å²) in [6.07, 6.45) is 2.36. The molecule has 0 bridgehead atoms. The highest BCUT2D eigenvalue weighted by Gasteiger charge is 2.10. The molecule has 0 unspecified atom stereocenters. The number of nitrogens with zero attached hydrogens (tertiary/aromatic N) is 2. The first-order valence-corrected chi connectivity index (χ1v) is 3.46. The number of aromatic nitrogens is 1. The molecular weight excluding hydrogens is 174 g/mol. The van der Waals surface area contributed by atoms with Crippen LogP contribution in [-0.4, -0.2) is 22.9 Å². The SMILES string of the molecule is CNC(=O)c1cncc([N+](=O)[O-])c1. The summed E-state index contributed by atoms with van der Waals surface area (Å²) in [7, 11) is 1.45. The Hall–Kier alpha value is -1.98. The maximum atomic E-state index is 11.0. The summed E-state index contributed by atoms with van der Waals surface area (Å²) in [5.74, 6) is -0.392. The highest BCUT2D eigenvalue weighted by molar-refractivity contribution is 5.94. The fourth-order valence-electron chi connectivity index (χ4n) is 0.796. The third-order valence-electron chi connectivity index (χ3n) is 1.42. The Labute approximate surface area is 73.7 Å². The van der Waals surface area contributed by atoms with E-state index in [0.717, 1.165) is 6.20 Å². The van der Waals surface area contributed by atoms with E-state index in [9.17, 15) is 14.9 Å². The molecule has 13 heavy (non-hydrogen) atoms. The van der Waals surface area contributed by atoms with Crippen molar-refractivity contribution in [2.75, 3.05) is 7.05 Å². The number of amides is 1. The van der Waals surface area contributed by atoms with E-state index in [0.29, 0.717) is 0 Å². The summed E-state index contributed by atoms with van der Waals surface area (Å²) in [6.45, 7) is 0. The molecule has 0 fully saturated rings. The summed E-state index contributed by atoms with van der Waals surface area (Å²) < 4.78 is 0. The highest BCUT2D eigenvalue weighted by atomic mass is 16.6. The molecule has 6 nitrogen and oxygen atoms in total. The quantitative estimate of drug-likeness (QED) is 0.526. The lowest BCUT2D eigenvalue weighted by Crippen LogP contribution is -2.18. The van der Waals surface area contributed by atoms with Crippen LogP contribution in [0.2, 0.25) is 0 Å². The van der Waals surface area contributed by atoms with Crippen molar-refractivity contribution in [3.8, 4) is 0 Å². The van der Waals surface area contributed by atoms with Crippen LogP contribution in [0.3, 0.4) is 0 Å². The smallest absolute Gasteiger partial charge is 0.288 e. The van der Waals surface area contributed by atoms with E-state index >= 15 is 0 Å². The molecule has 1 aromatic rings. The summed E-state index contributed by atoms with van der Waals surface area (Å²) >= 11 is 0. The third-order valence-corrected chi connectivity index (χ3v) is 1.42. The van der Waals surface area contributed by atoms with Gasteiger partial charge in [0, 0.05) is 19.3 Å². The minimum Gasteiger partial charge on any atom is -0.355 e. The Bertz CT molecular complexity index is 351. The van der Waals surface area contributed by atoms with Gasteiger partial charge < -0.3 is 5.32 Å². The molecule has 1 rings (SSSR count). The predicted molar refractivity (Wildman–Crippen MR) is 44.3 cm³/mol. The molecular formula is C7H7N3O3. The zero-order valence-electron chi connectivity index (χ0n) is 6.85. The van der Waals surface area contributed by atoms with Crippen molar-refractivity contribution in [2.45, 2.75) is 0 Å². The summed E-state index contributed by atoms with van der Waals surface area (Å²) in [5.41, 5.74) is -0.0159. The van der Waals surface area contributed by atoms with Gasteiger partial charge in [0.2, 0.25) is 0 Å². The van der Waals surface area contributed by atoms with Crippen LogP contribution in [0, 0.1) is 10.1 Å². The maximum absolute atomic E-state index is 11.0. The normalized spacial score (nSPS) is 9.31. The van der Waals surface area contributed by atoms with Crippen LogP contribution in [0.5, 0.6) is 0 Å². The summed E-state index contributed by atoms with van der Waals surface area (Å²) in [4.78, 5) is 24.3. The van der Waals surface area contributed by atoms with Crippen LogP contribution in [0.15, 0.2) is 18.5 Å². The molecule has 0 spiro atoms. The predicted octanol–water partition coefficient (Wildman–Crippen LogP) is 0.349. The van der Waals surface area contributed by atoms with Crippen LogP contribution in [0.4, 0.5) is 5.69 Å². The molecule has 0 aliphatic heterocycles. The van der Waals surface area contributed by atoms with E-state index in [1.807, 2.05) is 0 Å². The largest absolute Gasteiger partial charge is 0.355 e. The first-order chi connectivity index (χ1) is 6.15. The first-order valence-electron chi connectivity index (χ1n) is 3.46. The number of hydrogen-bond donors (Lipinski definition) is 1. The molecule has 1 amide bonds. The molecule has 0 atom stereocenters. The molecule has 0 aromatic carbocycles. The Balaban J connectivity index is 3.05. The van der Waals surface area contributed by atoms with Gasteiger partial charge in [-0.05, 0) is 0 Å². The number of nitrogens with one attached hydrogen (secondary N) is 1. The second-order valence-electron chi connectivity index (χ2n) is 2.27. The van der Waals surface area contributed by atoms with Gasteiger partial charge in [-0.2, -0.15) is 0 Å². The van der Waals surface area contributed by atoms with Gasteiger partial charge in [-0.15, -0.1) is 0 Å². The van der Waals surface area contributed by atoms with Crippen LogP contribution in [-0.2, 0) is 0 Å². The lowest BCUT2D eigenvalue weighted by atomic mass is 10.2. The number of rotatable bonds is 2. The van der Waals surface area contributed by atoms with Crippen LogP contribution < -0.4 is 5.32 Å². The molecule has 1 N–H and O–H groups in total. The van der Waals surface area contributed by atoms with E-state index in [-0.39, 0.29) is 11.3 Å². The van der Waals surface area contributed by atoms with Crippen molar-refractivity contribution >= 4 is 11.6 Å². The van der Waals surface area contributed by atoms with Gasteiger partial charge in [0.25, 0.3) is 11.6 Å². The Morgan fingerprint density at radius 2 is 2.31 bits per heavy atom. The van der Waals surface area contributed by atoms with E-state index in [2.05, 4.69) is 10.3 Å². The lowest BCUT2D eigenvalue weighted by molar-refractivity contribution is -0.385. The average Bonchev–Trinajstić information content (AvgIpc) is 2.17. The highest BCUT2D eigenvalue weighted by Crippen LogP contribution is 2.10. The molecule has 6 heteroatoms. The minimum absolute atomic E-state index is 0.178. The van der Waals surface area contributed by atoms with E-state index in [1.54, 1.807) is 0 Å². The standard InChI is InChI=1S/C7H7N3O3/c1-8-7(11)5-2-6(10(12)13)4-9-3-5/h2-4H,1H3,(H,8,11). The van der Waals surface area contributed by atoms with Crippen LogP contribution >= 0.6 is 0 Å². The van der Waals surface area contributed by atoms with Gasteiger partial charge >= 0.3 is 0 Å². The zero-order chi connectivity index (χ0) is 9.84. The topological polar surface area (TPSA) is 85.1 Å². The molecule has 1 heterocycles. The maximum Gasteiger partial charge on any atom is 0.288 e. The van der Waals surface area contributed by atoms with Crippen LogP contribution in [0.25, 0.3) is 0 Å². The summed E-state index contributed by atoms with van der Waals surface area (Å²) in [5, 5.41) is 12.6. The van der Waals surface area contributed by atoms with Gasteiger partial charge in [-0.25, -0.2) is 0 Å². The van der Waals surface area contributed by atoms with Gasteiger partial charge in [0.15, 0.2) is 0 Å². The molecule has 0 radical (unpaired) electrons. The number of carbonyl (C=O) groups is 1. The van der Waals surface area contributed by atoms with Gasteiger partial charge in [-0.3, -0.25) is 19.9 Å². The van der Waals surface area contributed by atoms with Crippen LogP contribution in [0.1, 0.15) is 10.4 Å². The third kappa shape index (κ3) is 1.98. The Morgan fingerprint density at radius 1 is 1.62 bits per heavy atom. The number of hydrogen-bond acceptors (Lipinski definition) is 4. The molecule has 0 saturated heterocycles. The zero-order valence-corrected chi connectivity index (χ0v) is 6.85. The van der Waals surface area contributed by atoms with Crippen molar-refractivity contribution in [3.63, 3.8) is 0 Å². The minimum atomic E-state index is -0.598. The molecule has 68 valence electrons. The van der Waals surface area contributed by atoms with E-state index in [4.69, 9.17) is 0 Å². The van der Waals surface area contributed by atoms with Gasteiger partial charge in [0.1, 0.15) is 6.20 Å². The fraction of sp³-hybridized carbons (Fsp3) is 0.143. The van der Waals surface area contributed by atoms with Crippen molar-refractivity contribution in [3.05, 3.63) is 34.1 Å². The monoisotopic (exact) mass is 181 g/mol. The van der Waals surface area contributed by atoms with Crippen molar-refractivity contribution < 1.29 is 9.72 Å². The summed E-state index contributed by atoms with van der Waals surface area (Å²) in [6, 6.07) is 1.17. The number of nitro groups is 1. The van der Waals surface area contributed by atoms with Gasteiger partial charge in [-0.1, -0.05) is 0 Å². The van der Waals surface area contributed by atoms with E-state index in [1.165, 1.54) is 19.3 Å². The second kappa shape index (κ2) is 3.61. The van der Waals surface area contributed by atoms with E-state index < -0.39 is 10.8 Å². The Kier molecular flexibility index (Phi) is 2.53. The van der Waals surface area contributed by atoms with Crippen molar-refractivity contribution in [1.29, 1.82) is 0 Å². The molecule has 1 aromatic heterocycles. The molecule has 0 saturated carbocycles. The Morgan fingerprint density at radius 3 is 2.85 bits per heavy atom. The fourth-order valence-corrected chi connectivity index (χ4v) is 0.796. The number of pyridine rings is 1. The molecule has 0 aliphatic carbocycles. The van der Waals surface area contributed by atoms with Gasteiger partial charge in [0.05, 0.1) is 10.5 Å². The second-order valence-corrected chi connectivity index (χ2v) is 2.27.